The van der Waals surface area contributed by atoms with Crippen molar-refractivity contribution < 1.29 is 12.9 Å². The highest BCUT2D eigenvalue weighted by Gasteiger charge is 2.25. The van der Waals surface area contributed by atoms with Gasteiger partial charge in [0.2, 0.25) is 21.7 Å². The van der Waals surface area contributed by atoms with Gasteiger partial charge < -0.3 is 4.52 Å². The van der Waals surface area contributed by atoms with Gasteiger partial charge in [0.05, 0.1) is 12.8 Å². The average molecular weight is 385 g/mol. The van der Waals surface area contributed by atoms with E-state index >= 15 is 0 Å². The fourth-order valence-corrected chi connectivity index (χ4v) is 3.67. The normalized spacial score (nSPS) is 19.2. The van der Waals surface area contributed by atoms with Gasteiger partial charge >= 0.3 is 0 Å². The molecule has 9 heteroatoms. The Morgan fingerprint density at radius 3 is 3.00 bits per heavy atom. The van der Waals surface area contributed by atoms with Crippen molar-refractivity contribution >= 4 is 21.6 Å². The lowest BCUT2D eigenvalue weighted by atomic mass is 10.0. The molecule has 1 aromatic carbocycles. The first-order valence-electron chi connectivity index (χ1n) is 8.18. The molecule has 1 atom stereocenters. The number of hydrogen-bond donors (Lipinski definition) is 1. The Bertz CT molecular complexity index is 824. The van der Waals surface area contributed by atoms with Gasteiger partial charge in [0.1, 0.15) is 0 Å². The van der Waals surface area contributed by atoms with Crippen LogP contribution in [-0.4, -0.2) is 48.8 Å². The minimum Gasteiger partial charge on any atom is -0.338 e. The first kappa shape index (κ1) is 18.3. The second kappa shape index (κ2) is 7.82. The number of benzene rings is 1. The number of rotatable bonds is 6. The van der Waals surface area contributed by atoms with Crippen molar-refractivity contribution in [1.82, 2.24) is 19.8 Å². The zero-order valence-electron chi connectivity index (χ0n) is 14.0. The number of aromatic nitrogens is 2. The zero-order valence-corrected chi connectivity index (χ0v) is 15.6. The molecule has 3 rings (SSSR count). The third-order valence-corrected chi connectivity index (χ3v) is 5.15. The maximum Gasteiger partial charge on any atom is 0.241 e. The first-order valence-corrected chi connectivity index (χ1v) is 10.4. The average Bonchev–Trinajstić information content (AvgIpc) is 3.02. The van der Waals surface area contributed by atoms with Gasteiger partial charge in [-0.1, -0.05) is 35.3 Å². The van der Waals surface area contributed by atoms with Crippen LogP contribution < -0.4 is 4.72 Å². The molecule has 0 saturated carbocycles. The smallest absolute Gasteiger partial charge is 0.241 e. The molecule has 1 N–H and O–H groups in total. The van der Waals surface area contributed by atoms with E-state index < -0.39 is 10.0 Å². The van der Waals surface area contributed by atoms with E-state index in [0.29, 0.717) is 29.8 Å². The fraction of sp³-hybridized carbons (Fsp3) is 0.500. The monoisotopic (exact) mass is 384 g/mol. The van der Waals surface area contributed by atoms with E-state index in [4.69, 9.17) is 16.1 Å². The number of nitrogens with zero attached hydrogens (tertiary/aromatic N) is 3. The molecule has 1 unspecified atom stereocenters. The van der Waals surface area contributed by atoms with Crippen molar-refractivity contribution in [3.63, 3.8) is 0 Å². The lowest BCUT2D eigenvalue weighted by molar-refractivity contribution is 0.125. The molecule has 2 heterocycles. The van der Waals surface area contributed by atoms with Crippen LogP contribution in [0.2, 0.25) is 5.02 Å². The van der Waals surface area contributed by atoms with Crippen LogP contribution in [0.3, 0.4) is 0 Å². The highest BCUT2D eigenvalue weighted by molar-refractivity contribution is 7.88. The maximum atomic E-state index is 11.3. The van der Waals surface area contributed by atoms with E-state index in [1.54, 1.807) is 12.1 Å². The third-order valence-electron chi connectivity index (χ3n) is 4.22. The van der Waals surface area contributed by atoms with Crippen LogP contribution in [0.25, 0.3) is 11.4 Å². The Labute approximate surface area is 152 Å². The van der Waals surface area contributed by atoms with Crippen molar-refractivity contribution in [2.75, 3.05) is 19.3 Å². The second-order valence-electron chi connectivity index (χ2n) is 6.26. The number of halogens is 1. The van der Waals surface area contributed by atoms with Crippen LogP contribution in [0, 0.1) is 0 Å². The number of likely N-dealkylation sites (tertiary alicyclic amines) is 1. The van der Waals surface area contributed by atoms with Crippen LogP contribution in [-0.2, 0) is 16.6 Å². The Hall–Kier alpha value is -1.48. The van der Waals surface area contributed by atoms with E-state index in [0.717, 1.165) is 31.4 Å². The molecular weight excluding hydrogens is 364 g/mol. The summed E-state index contributed by atoms with van der Waals surface area (Å²) in [4.78, 5) is 6.63. The molecule has 1 aromatic heterocycles. The molecular formula is C16H21ClN4O3S. The Kier molecular flexibility index (Phi) is 5.73. The van der Waals surface area contributed by atoms with Crippen LogP contribution >= 0.6 is 11.6 Å². The van der Waals surface area contributed by atoms with E-state index in [1.165, 1.54) is 6.26 Å². The van der Waals surface area contributed by atoms with Gasteiger partial charge in [-0.3, -0.25) is 4.90 Å². The predicted octanol–water partition coefficient (Wildman–Crippen LogP) is 2.29. The number of hydrogen-bond acceptors (Lipinski definition) is 6. The second-order valence-corrected chi connectivity index (χ2v) is 8.53. The molecule has 136 valence electrons. The Morgan fingerprint density at radius 2 is 2.24 bits per heavy atom. The van der Waals surface area contributed by atoms with Crippen molar-refractivity contribution in [1.29, 1.82) is 0 Å². The molecule has 7 nitrogen and oxygen atoms in total. The van der Waals surface area contributed by atoms with Crippen molar-refractivity contribution in [3.05, 3.63) is 35.2 Å². The predicted molar refractivity (Wildman–Crippen MR) is 95.6 cm³/mol. The van der Waals surface area contributed by atoms with Crippen LogP contribution in [0.15, 0.2) is 28.8 Å². The van der Waals surface area contributed by atoms with Gasteiger partial charge in [-0.15, -0.1) is 0 Å². The van der Waals surface area contributed by atoms with Crippen molar-refractivity contribution in [2.24, 2.45) is 0 Å². The molecule has 0 amide bonds. The molecule has 0 aliphatic carbocycles. The highest BCUT2D eigenvalue weighted by atomic mass is 35.5. The van der Waals surface area contributed by atoms with E-state index in [-0.39, 0.29) is 6.04 Å². The summed E-state index contributed by atoms with van der Waals surface area (Å²) < 4.78 is 30.7. The number of sulfonamides is 1. The van der Waals surface area contributed by atoms with Crippen LogP contribution in [0.5, 0.6) is 0 Å². The standard InChI is InChI=1S/C16H21ClN4O3S/c1-25(22,23)18-10-14-7-2-3-8-21(14)11-15-19-16(20-24-15)12-5-4-6-13(17)9-12/h4-6,9,14,18H,2-3,7-8,10-11H2,1H3. The van der Waals surface area contributed by atoms with Crippen LogP contribution in [0.1, 0.15) is 25.2 Å². The summed E-state index contributed by atoms with van der Waals surface area (Å²) in [5.74, 6) is 1.02. The van der Waals surface area contributed by atoms with Crippen molar-refractivity contribution in [3.8, 4) is 11.4 Å². The molecule has 1 saturated heterocycles. The van der Waals surface area contributed by atoms with Gasteiger partial charge in [0, 0.05) is 23.2 Å². The minimum atomic E-state index is -3.20. The molecule has 1 aliphatic heterocycles. The summed E-state index contributed by atoms with van der Waals surface area (Å²) >= 11 is 6.00. The molecule has 0 radical (unpaired) electrons. The molecule has 0 bridgehead atoms. The summed E-state index contributed by atoms with van der Waals surface area (Å²) in [5, 5.41) is 4.64. The zero-order chi connectivity index (χ0) is 17.9. The summed E-state index contributed by atoms with van der Waals surface area (Å²) in [6, 6.07) is 7.42. The largest absolute Gasteiger partial charge is 0.338 e. The molecule has 1 aliphatic rings. The summed E-state index contributed by atoms with van der Waals surface area (Å²) in [6.07, 6.45) is 4.28. The molecule has 25 heavy (non-hydrogen) atoms. The van der Waals surface area contributed by atoms with E-state index in [9.17, 15) is 8.42 Å². The van der Waals surface area contributed by atoms with Gasteiger partial charge in [-0.2, -0.15) is 4.98 Å². The molecule has 2 aromatic rings. The van der Waals surface area contributed by atoms with Crippen molar-refractivity contribution in [2.45, 2.75) is 31.8 Å². The van der Waals surface area contributed by atoms with Crippen LogP contribution in [0.4, 0.5) is 0 Å². The molecule has 0 spiro atoms. The molecule has 1 fully saturated rings. The topological polar surface area (TPSA) is 88.3 Å². The minimum absolute atomic E-state index is 0.130. The quantitative estimate of drug-likeness (QED) is 0.822. The number of nitrogens with one attached hydrogen (secondary N) is 1. The van der Waals surface area contributed by atoms with Gasteiger partial charge in [0.15, 0.2) is 0 Å². The summed E-state index contributed by atoms with van der Waals surface area (Å²) in [5.41, 5.74) is 0.802. The lowest BCUT2D eigenvalue weighted by Crippen LogP contribution is -2.46. The fourth-order valence-electron chi connectivity index (χ4n) is 2.98. The number of piperidine rings is 1. The Balaban J connectivity index is 1.68. The van der Waals surface area contributed by atoms with Gasteiger partial charge in [0.25, 0.3) is 0 Å². The van der Waals surface area contributed by atoms with E-state index in [2.05, 4.69) is 19.8 Å². The maximum absolute atomic E-state index is 11.3. The van der Waals surface area contributed by atoms with Gasteiger partial charge in [-0.05, 0) is 31.5 Å². The third kappa shape index (κ3) is 5.24. The lowest BCUT2D eigenvalue weighted by Gasteiger charge is -2.34. The Morgan fingerprint density at radius 1 is 1.40 bits per heavy atom. The SMILES string of the molecule is CS(=O)(=O)NCC1CCCCN1Cc1nc(-c2cccc(Cl)c2)no1. The summed E-state index contributed by atoms with van der Waals surface area (Å²) in [6.45, 7) is 1.78. The first-order chi connectivity index (χ1) is 11.9. The van der Waals surface area contributed by atoms with Gasteiger partial charge in [-0.25, -0.2) is 13.1 Å². The highest BCUT2D eigenvalue weighted by Crippen LogP contribution is 2.22. The summed E-state index contributed by atoms with van der Waals surface area (Å²) in [7, 11) is -3.20. The van der Waals surface area contributed by atoms with E-state index in [1.807, 2.05) is 12.1 Å².